The molecule has 0 saturated heterocycles. The molecule has 0 fully saturated rings. The van der Waals surface area contributed by atoms with E-state index in [0.29, 0.717) is 0 Å². The topological polar surface area (TPSA) is 107 Å². The molecule has 0 bridgehead atoms. The van der Waals surface area contributed by atoms with Crippen molar-refractivity contribution < 1.29 is 23.7 Å². The van der Waals surface area contributed by atoms with Crippen molar-refractivity contribution in [1.82, 2.24) is 0 Å². The van der Waals surface area contributed by atoms with Gasteiger partial charge in [0.25, 0.3) is 10.0 Å². The smallest absolute Gasteiger partial charge is 0.262 e. The number of anilines is 1. The van der Waals surface area contributed by atoms with Crippen molar-refractivity contribution in [3.63, 3.8) is 0 Å². The van der Waals surface area contributed by atoms with Crippen LogP contribution in [0.1, 0.15) is 0 Å². The fraction of sp³-hybridized carbons (Fsp3) is 0. The van der Waals surface area contributed by atoms with E-state index in [1.807, 2.05) is 0 Å². The molecule has 0 amide bonds. The predicted octanol–water partition coefficient (Wildman–Crippen LogP) is 1.60. The number of aromatic hydroxyl groups is 3. The minimum atomic E-state index is -3.90. The Balaban J connectivity index is 2.35. The van der Waals surface area contributed by atoms with Gasteiger partial charge in [0.15, 0.2) is 11.5 Å². The SMILES string of the molecule is O=S(=O)(Nc1cccc(O)c1)c1ccc(O)c(O)c1. The lowest BCUT2D eigenvalue weighted by Gasteiger charge is -2.09. The molecule has 0 radical (unpaired) electrons. The normalized spacial score (nSPS) is 11.2. The van der Waals surface area contributed by atoms with E-state index in [4.69, 9.17) is 5.11 Å². The van der Waals surface area contributed by atoms with E-state index in [1.165, 1.54) is 24.3 Å². The first kappa shape index (κ1) is 13.0. The molecule has 0 saturated carbocycles. The largest absolute Gasteiger partial charge is 0.508 e. The zero-order valence-corrected chi connectivity index (χ0v) is 10.4. The molecule has 7 heteroatoms. The lowest BCUT2D eigenvalue weighted by atomic mass is 10.3. The summed E-state index contributed by atoms with van der Waals surface area (Å²) in [6.45, 7) is 0. The quantitative estimate of drug-likeness (QED) is 0.639. The Bertz CT molecular complexity index is 712. The van der Waals surface area contributed by atoms with Crippen LogP contribution in [-0.2, 0) is 10.0 Å². The van der Waals surface area contributed by atoms with E-state index in [2.05, 4.69) is 4.72 Å². The number of rotatable bonds is 3. The third-order valence-electron chi connectivity index (χ3n) is 2.36. The molecule has 0 unspecified atom stereocenters. The predicted molar refractivity (Wildman–Crippen MR) is 68.7 cm³/mol. The second-order valence-corrected chi connectivity index (χ2v) is 5.49. The van der Waals surface area contributed by atoms with Crippen molar-refractivity contribution in [1.29, 1.82) is 0 Å². The fourth-order valence-corrected chi connectivity index (χ4v) is 2.52. The van der Waals surface area contributed by atoms with Crippen LogP contribution in [0.15, 0.2) is 47.4 Å². The van der Waals surface area contributed by atoms with E-state index in [1.54, 1.807) is 0 Å². The van der Waals surface area contributed by atoms with Crippen molar-refractivity contribution >= 4 is 15.7 Å². The first-order chi connectivity index (χ1) is 8.88. The summed E-state index contributed by atoms with van der Waals surface area (Å²) in [5.41, 5.74) is 0.188. The Morgan fingerprint density at radius 1 is 0.895 bits per heavy atom. The third-order valence-corrected chi connectivity index (χ3v) is 3.73. The van der Waals surface area contributed by atoms with Gasteiger partial charge in [0.1, 0.15) is 5.75 Å². The van der Waals surface area contributed by atoms with Gasteiger partial charge in [-0.2, -0.15) is 0 Å². The average molecular weight is 281 g/mol. The second-order valence-electron chi connectivity index (χ2n) is 3.81. The Hall–Kier alpha value is -2.41. The number of phenols is 3. The van der Waals surface area contributed by atoms with E-state index in [-0.39, 0.29) is 16.3 Å². The molecule has 0 atom stereocenters. The van der Waals surface area contributed by atoms with Crippen molar-refractivity contribution in [2.75, 3.05) is 4.72 Å². The van der Waals surface area contributed by atoms with Gasteiger partial charge in [-0.3, -0.25) is 4.72 Å². The van der Waals surface area contributed by atoms with Crippen LogP contribution >= 0.6 is 0 Å². The third kappa shape index (κ3) is 2.89. The van der Waals surface area contributed by atoms with Gasteiger partial charge in [-0.25, -0.2) is 8.42 Å². The highest BCUT2D eigenvalue weighted by Gasteiger charge is 2.16. The summed E-state index contributed by atoms with van der Waals surface area (Å²) in [7, 11) is -3.90. The van der Waals surface area contributed by atoms with E-state index in [9.17, 15) is 18.6 Å². The highest BCUT2D eigenvalue weighted by atomic mass is 32.2. The highest BCUT2D eigenvalue weighted by Crippen LogP contribution is 2.28. The molecule has 2 aromatic rings. The molecule has 0 aliphatic rings. The molecule has 100 valence electrons. The molecule has 2 aromatic carbocycles. The van der Waals surface area contributed by atoms with Crippen LogP contribution in [0.5, 0.6) is 17.2 Å². The van der Waals surface area contributed by atoms with Gasteiger partial charge in [-0.15, -0.1) is 0 Å². The zero-order chi connectivity index (χ0) is 14.0. The molecule has 0 aromatic heterocycles. The lowest BCUT2D eigenvalue weighted by molar-refractivity contribution is 0.402. The standard InChI is InChI=1S/C12H11NO5S/c14-9-3-1-2-8(6-9)13-19(17,18)10-4-5-11(15)12(16)7-10/h1-7,13-16H. The van der Waals surface area contributed by atoms with Crippen LogP contribution in [0.2, 0.25) is 0 Å². The Labute approximate surface area is 109 Å². The summed E-state index contributed by atoms with van der Waals surface area (Å²) in [5.74, 6) is -1.01. The van der Waals surface area contributed by atoms with Crippen LogP contribution in [0.3, 0.4) is 0 Å². The summed E-state index contributed by atoms with van der Waals surface area (Å²) in [4.78, 5) is -0.203. The van der Waals surface area contributed by atoms with Crippen LogP contribution in [0.25, 0.3) is 0 Å². The van der Waals surface area contributed by atoms with Crippen molar-refractivity contribution in [2.24, 2.45) is 0 Å². The lowest BCUT2D eigenvalue weighted by Crippen LogP contribution is -2.12. The van der Waals surface area contributed by atoms with E-state index >= 15 is 0 Å². The number of hydrogen-bond acceptors (Lipinski definition) is 5. The van der Waals surface area contributed by atoms with Gasteiger partial charge >= 0.3 is 0 Å². The van der Waals surface area contributed by atoms with E-state index < -0.39 is 21.5 Å². The van der Waals surface area contributed by atoms with Gasteiger partial charge in [0.2, 0.25) is 0 Å². The van der Waals surface area contributed by atoms with E-state index in [0.717, 1.165) is 18.2 Å². The van der Waals surface area contributed by atoms with Gasteiger partial charge in [-0.1, -0.05) is 6.07 Å². The molecule has 0 aliphatic heterocycles. The van der Waals surface area contributed by atoms with Gasteiger partial charge in [0, 0.05) is 12.1 Å². The maximum Gasteiger partial charge on any atom is 0.262 e. The summed E-state index contributed by atoms with van der Waals surface area (Å²) >= 11 is 0. The maximum absolute atomic E-state index is 12.0. The molecular formula is C12H11NO5S. The Morgan fingerprint density at radius 2 is 1.63 bits per heavy atom. The average Bonchev–Trinajstić information content (AvgIpc) is 2.32. The number of benzene rings is 2. The second kappa shape index (κ2) is 4.69. The monoisotopic (exact) mass is 281 g/mol. The number of phenolic OH excluding ortho intramolecular Hbond substituents is 3. The molecule has 6 nitrogen and oxygen atoms in total. The van der Waals surface area contributed by atoms with Gasteiger partial charge in [0.05, 0.1) is 10.6 Å². The van der Waals surface area contributed by atoms with Crippen LogP contribution < -0.4 is 4.72 Å². The zero-order valence-electron chi connectivity index (χ0n) is 9.61. The fourth-order valence-electron chi connectivity index (χ4n) is 1.45. The Kier molecular flexibility index (Phi) is 3.22. The molecule has 2 rings (SSSR count). The molecular weight excluding hydrogens is 270 g/mol. The van der Waals surface area contributed by atoms with Crippen molar-refractivity contribution in [2.45, 2.75) is 4.90 Å². The minimum Gasteiger partial charge on any atom is -0.508 e. The van der Waals surface area contributed by atoms with Crippen LogP contribution in [0, 0.1) is 0 Å². The highest BCUT2D eigenvalue weighted by molar-refractivity contribution is 7.92. The van der Waals surface area contributed by atoms with Crippen LogP contribution in [-0.4, -0.2) is 23.7 Å². The first-order valence-corrected chi connectivity index (χ1v) is 6.70. The molecule has 0 spiro atoms. The van der Waals surface area contributed by atoms with Crippen LogP contribution in [0.4, 0.5) is 5.69 Å². The summed E-state index contributed by atoms with van der Waals surface area (Å²) in [6, 6.07) is 8.77. The molecule has 4 N–H and O–H groups in total. The summed E-state index contributed by atoms with van der Waals surface area (Å²) in [5, 5.41) is 27.7. The number of sulfonamides is 1. The molecule has 0 heterocycles. The molecule has 0 aliphatic carbocycles. The van der Waals surface area contributed by atoms with Crippen molar-refractivity contribution in [3.05, 3.63) is 42.5 Å². The first-order valence-electron chi connectivity index (χ1n) is 5.22. The van der Waals surface area contributed by atoms with Crippen molar-refractivity contribution in [3.8, 4) is 17.2 Å². The maximum atomic E-state index is 12.0. The summed E-state index contributed by atoms with van der Waals surface area (Å²) in [6.07, 6.45) is 0. The number of nitrogens with one attached hydrogen (secondary N) is 1. The van der Waals surface area contributed by atoms with Gasteiger partial charge in [-0.05, 0) is 24.3 Å². The van der Waals surface area contributed by atoms with Gasteiger partial charge < -0.3 is 15.3 Å². The minimum absolute atomic E-state index is 0.0752. The summed E-state index contributed by atoms with van der Waals surface area (Å²) < 4.78 is 26.2. The molecule has 19 heavy (non-hydrogen) atoms. The Morgan fingerprint density at radius 3 is 2.26 bits per heavy atom. The number of hydrogen-bond donors (Lipinski definition) is 4.